The summed E-state index contributed by atoms with van der Waals surface area (Å²) < 4.78 is 83.5. The van der Waals surface area contributed by atoms with Crippen LogP contribution in [0.15, 0.2) is 33.8 Å². The molecule has 158 valence electrons. The molecule has 0 saturated carbocycles. The molecule has 0 aromatic carbocycles. The number of hydrogen-bond acceptors (Lipinski definition) is 5. The van der Waals surface area contributed by atoms with Crippen LogP contribution in [0.2, 0.25) is 0 Å². The van der Waals surface area contributed by atoms with E-state index in [4.69, 9.17) is 5.26 Å². The van der Waals surface area contributed by atoms with Crippen LogP contribution in [0.5, 0.6) is 0 Å². The monoisotopic (exact) mass is 446 g/mol. The minimum atomic E-state index is -4.68. The zero-order chi connectivity index (χ0) is 22.3. The van der Waals surface area contributed by atoms with Crippen molar-refractivity contribution < 1.29 is 26.3 Å². The first-order valence-electron chi connectivity index (χ1n) is 8.25. The van der Waals surface area contributed by atoms with Gasteiger partial charge < -0.3 is 4.57 Å². The second kappa shape index (κ2) is 7.67. The van der Waals surface area contributed by atoms with E-state index in [9.17, 15) is 26.3 Å². The van der Waals surface area contributed by atoms with E-state index in [1.54, 1.807) is 13.1 Å². The Kier molecular flexibility index (Phi) is 5.55. The number of imidazole rings is 1. The summed E-state index contributed by atoms with van der Waals surface area (Å²) in [5.74, 6) is 0.240. The highest BCUT2D eigenvalue weighted by Gasteiger charge is 2.34. The standard InChI is InChI=1S/C17H12F6N6S/c1-3-30(27-8-24)12-5-10(17(21,22)23)6-25-13(12)15-28-11-4-9(16(18,19)20)7-26-14(11)29(15)2/h4-7H,3H2,1-2H3. The molecule has 0 spiro atoms. The maximum Gasteiger partial charge on any atom is 0.417 e. The molecule has 0 aliphatic heterocycles. The molecule has 13 heteroatoms. The van der Waals surface area contributed by atoms with Crippen LogP contribution in [0.25, 0.3) is 22.7 Å². The molecule has 0 radical (unpaired) electrons. The van der Waals surface area contributed by atoms with E-state index in [2.05, 4.69) is 19.3 Å². The van der Waals surface area contributed by atoms with E-state index < -0.39 is 34.2 Å². The molecular formula is C17H12F6N6S. The van der Waals surface area contributed by atoms with Crippen molar-refractivity contribution in [1.82, 2.24) is 19.5 Å². The fraction of sp³-hybridized carbons (Fsp3) is 0.294. The summed E-state index contributed by atoms with van der Waals surface area (Å²) >= 11 is 0. The molecule has 3 rings (SSSR count). The molecule has 0 N–H and O–H groups in total. The molecule has 3 aromatic rings. The number of aromatic nitrogens is 4. The number of halogens is 6. The molecule has 3 aromatic heterocycles. The second-order valence-corrected chi connectivity index (χ2v) is 7.90. The van der Waals surface area contributed by atoms with Gasteiger partial charge in [0.05, 0.1) is 11.1 Å². The lowest BCUT2D eigenvalue weighted by atomic mass is 10.2. The molecule has 1 atom stereocenters. The Morgan fingerprint density at radius 2 is 1.67 bits per heavy atom. The molecule has 0 aliphatic carbocycles. The Morgan fingerprint density at radius 1 is 1.07 bits per heavy atom. The van der Waals surface area contributed by atoms with Crippen molar-refractivity contribution >= 4 is 21.9 Å². The number of rotatable bonds is 3. The van der Waals surface area contributed by atoms with Gasteiger partial charge in [0, 0.05) is 30.1 Å². The molecule has 6 nitrogen and oxygen atoms in total. The van der Waals surface area contributed by atoms with Crippen LogP contribution in [0.3, 0.4) is 0 Å². The molecule has 3 heterocycles. The summed E-state index contributed by atoms with van der Waals surface area (Å²) in [4.78, 5) is 11.8. The Morgan fingerprint density at radius 3 is 2.23 bits per heavy atom. The summed E-state index contributed by atoms with van der Waals surface area (Å²) in [7, 11) is 0.205. The maximum absolute atomic E-state index is 13.2. The Balaban J connectivity index is 2.29. The largest absolute Gasteiger partial charge is 0.417 e. The van der Waals surface area contributed by atoms with Gasteiger partial charge in [-0.2, -0.15) is 31.6 Å². The van der Waals surface area contributed by atoms with Crippen LogP contribution in [0, 0.1) is 11.5 Å². The van der Waals surface area contributed by atoms with Gasteiger partial charge in [-0.05, 0) is 22.8 Å². The van der Waals surface area contributed by atoms with E-state index in [1.165, 1.54) is 11.6 Å². The molecule has 30 heavy (non-hydrogen) atoms. The van der Waals surface area contributed by atoms with E-state index in [-0.39, 0.29) is 33.3 Å². The highest BCUT2D eigenvalue weighted by molar-refractivity contribution is 7.87. The topological polar surface area (TPSA) is 79.8 Å². The Hall–Kier alpha value is -3.01. The fourth-order valence-corrected chi connectivity index (χ4v) is 3.98. The Labute approximate surface area is 168 Å². The highest BCUT2D eigenvalue weighted by Crippen LogP contribution is 2.35. The van der Waals surface area contributed by atoms with Crippen LogP contribution in [0.4, 0.5) is 26.3 Å². The van der Waals surface area contributed by atoms with Gasteiger partial charge in [-0.15, -0.1) is 4.36 Å². The summed E-state index contributed by atoms with van der Waals surface area (Å²) in [6, 6.07) is 1.64. The fourth-order valence-electron chi connectivity index (χ4n) is 2.71. The molecule has 0 saturated heterocycles. The quantitative estimate of drug-likeness (QED) is 0.430. The van der Waals surface area contributed by atoms with Gasteiger partial charge in [-0.3, -0.25) is 4.98 Å². The highest BCUT2D eigenvalue weighted by atomic mass is 32.2. The van der Waals surface area contributed by atoms with E-state index >= 15 is 0 Å². The first kappa shape index (κ1) is 21.7. The zero-order valence-corrected chi connectivity index (χ0v) is 16.2. The van der Waals surface area contributed by atoms with Gasteiger partial charge in [-0.1, -0.05) is 6.92 Å². The molecular weight excluding hydrogens is 434 g/mol. The lowest BCUT2D eigenvalue weighted by Gasteiger charge is -2.13. The van der Waals surface area contributed by atoms with Gasteiger partial charge in [0.2, 0.25) is 6.19 Å². The molecule has 0 bridgehead atoms. The van der Waals surface area contributed by atoms with Gasteiger partial charge in [-0.25, -0.2) is 9.97 Å². The molecule has 0 amide bonds. The minimum Gasteiger partial charge on any atom is -0.310 e. The number of hydrogen-bond donors (Lipinski definition) is 0. The predicted octanol–water partition coefficient (Wildman–Crippen LogP) is 4.73. The maximum atomic E-state index is 13.2. The van der Waals surface area contributed by atoms with Crippen molar-refractivity contribution in [2.45, 2.75) is 24.2 Å². The van der Waals surface area contributed by atoms with Gasteiger partial charge in [0.25, 0.3) is 0 Å². The average Bonchev–Trinajstić information content (AvgIpc) is 3.00. The smallest absolute Gasteiger partial charge is 0.310 e. The summed E-state index contributed by atoms with van der Waals surface area (Å²) in [5.41, 5.74) is -2.05. The number of pyridine rings is 2. The van der Waals surface area contributed by atoms with E-state index in [1.807, 2.05) is 0 Å². The van der Waals surface area contributed by atoms with Crippen LogP contribution in [0.1, 0.15) is 18.1 Å². The van der Waals surface area contributed by atoms with Crippen LogP contribution in [-0.4, -0.2) is 25.3 Å². The van der Waals surface area contributed by atoms with Crippen molar-refractivity contribution in [3.05, 3.63) is 35.7 Å². The first-order valence-corrected chi connectivity index (χ1v) is 9.60. The van der Waals surface area contributed by atoms with Gasteiger partial charge in [0.15, 0.2) is 11.5 Å². The van der Waals surface area contributed by atoms with E-state index in [0.717, 1.165) is 12.1 Å². The molecule has 0 aliphatic rings. The number of nitriles is 1. The van der Waals surface area contributed by atoms with Crippen molar-refractivity contribution in [3.8, 4) is 17.7 Å². The minimum absolute atomic E-state index is 0.0127. The lowest BCUT2D eigenvalue weighted by Crippen LogP contribution is -2.10. The summed E-state index contributed by atoms with van der Waals surface area (Å²) in [5, 5.41) is 8.91. The second-order valence-electron chi connectivity index (χ2n) is 5.97. The third-order valence-corrected chi connectivity index (χ3v) is 5.77. The number of alkyl halides is 6. The summed E-state index contributed by atoms with van der Waals surface area (Å²) in [6.45, 7) is 1.64. The van der Waals surface area contributed by atoms with Crippen molar-refractivity contribution in [3.63, 3.8) is 0 Å². The van der Waals surface area contributed by atoms with Crippen molar-refractivity contribution in [1.29, 1.82) is 5.26 Å². The molecule has 0 fully saturated rings. The first-order chi connectivity index (χ1) is 14.0. The zero-order valence-electron chi connectivity index (χ0n) is 15.4. The third kappa shape index (κ3) is 4.00. The predicted molar refractivity (Wildman–Crippen MR) is 96.0 cm³/mol. The van der Waals surface area contributed by atoms with Crippen LogP contribution >= 0.6 is 0 Å². The van der Waals surface area contributed by atoms with Crippen molar-refractivity contribution in [2.24, 2.45) is 11.4 Å². The normalized spacial score (nSPS) is 13.6. The van der Waals surface area contributed by atoms with Crippen LogP contribution in [-0.2, 0) is 30.1 Å². The SMILES string of the molecule is CC/S(=N\C#N)c1cc(C(F)(F)F)cnc1-c1nc2cc(C(F)(F)F)cnc2n1C. The molecule has 1 unspecified atom stereocenters. The Bertz CT molecular complexity index is 1190. The number of nitrogens with zero attached hydrogens (tertiary/aromatic N) is 6. The number of aryl methyl sites for hydroxylation is 1. The van der Waals surface area contributed by atoms with Crippen LogP contribution < -0.4 is 0 Å². The summed E-state index contributed by atoms with van der Waals surface area (Å²) in [6.07, 6.45) is -6.46. The van der Waals surface area contributed by atoms with E-state index in [0.29, 0.717) is 12.4 Å². The van der Waals surface area contributed by atoms with Gasteiger partial charge >= 0.3 is 12.4 Å². The number of fused-ring (bicyclic) bond motifs is 1. The lowest BCUT2D eigenvalue weighted by molar-refractivity contribution is -0.138. The van der Waals surface area contributed by atoms with Crippen molar-refractivity contribution in [2.75, 3.05) is 5.75 Å². The average molecular weight is 446 g/mol. The van der Waals surface area contributed by atoms with Gasteiger partial charge in [0.1, 0.15) is 11.2 Å². The third-order valence-electron chi connectivity index (χ3n) is 4.11.